The number of thiophene rings is 1. The molecule has 2 aromatic heterocycles. The van der Waals surface area contributed by atoms with E-state index in [1.165, 1.54) is 22.7 Å². The Kier molecular flexibility index (Phi) is 3.56. The molecule has 0 amide bonds. The molecule has 0 spiro atoms. The van der Waals surface area contributed by atoms with Crippen LogP contribution in [-0.2, 0) is 6.54 Å². The smallest absolute Gasteiger partial charge is 0.202 e. The molecule has 2 heterocycles. The Morgan fingerprint density at radius 3 is 2.75 bits per heavy atom. The number of hydrogen-bond acceptors (Lipinski definition) is 5. The van der Waals surface area contributed by atoms with Crippen LogP contribution in [0.3, 0.4) is 0 Å². The maximum Gasteiger partial charge on any atom is 0.202 e. The maximum atomic E-state index is 4.44. The summed E-state index contributed by atoms with van der Waals surface area (Å²) in [5.74, 6) is 1.32. The van der Waals surface area contributed by atoms with Crippen molar-refractivity contribution < 1.29 is 0 Å². The quantitative estimate of drug-likeness (QED) is 0.904. The number of rotatable bonds is 4. The van der Waals surface area contributed by atoms with E-state index in [9.17, 15) is 0 Å². The van der Waals surface area contributed by atoms with E-state index in [1.54, 1.807) is 11.3 Å². The molecule has 1 N–H and O–H groups in total. The molecular weight excluding hydrogens is 238 g/mol. The number of hydrogen-bond donors (Lipinski definition) is 1. The van der Waals surface area contributed by atoms with E-state index >= 15 is 0 Å². The fourth-order valence-corrected chi connectivity index (χ4v) is 2.84. The molecule has 0 saturated carbocycles. The van der Waals surface area contributed by atoms with Gasteiger partial charge in [0, 0.05) is 24.0 Å². The first kappa shape index (κ1) is 11.5. The highest BCUT2D eigenvalue weighted by atomic mass is 32.1. The summed E-state index contributed by atoms with van der Waals surface area (Å²) in [6, 6.07) is 0. The van der Waals surface area contributed by atoms with Gasteiger partial charge in [-0.1, -0.05) is 13.8 Å². The summed E-state index contributed by atoms with van der Waals surface area (Å²) in [4.78, 5) is 4.44. The monoisotopic (exact) mass is 253 g/mol. The van der Waals surface area contributed by atoms with E-state index in [2.05, 4.69) is 46.2 Å². The average molecular weight is 253 g/mol. The lowest BCUT2D eigenvalue weighted by molar-refractivity contribution is 0.799. The van der Waals surface area contributed by atoms with Crippen LogP contribution in [0.4, 0.5) is 5.13 Å². The molecule has 0 aromatic carbocycles. The average Bonchev–Trinajstić information content (AvgIpc) is 2.83. The summed E-state index contributed by atoms with van der Waals surface area (Å²) in [6.45, 7) is 7.18. The summed E-state index contributed by atoms with van der Waals surface area (Å²) >= 11 is 3.18. The van der Waals surface area contributed by atoms with Gasteiger partial charge in [-0.2, -0.15) is 15.7 Å². The normalized spacial score (nSPS) is 11.0. The lowest BCUT2D eigenvalue weighted by Crippen LogP contribution is -1.99. The van der Waals surface area contributed by atoms with E-state index in [1.807, 2.05) is 0 Å². The van der Waals surface area contributed by atoms with E-state index in [0.717, 1.165) is 17.5 Å². The number of aromatic nitrogens is 2. The lowest BCUT2D eigenvalue weighted by atomic mass is 10.2. The number of nitrogens with one attached hydrogen (secondary N) is 1. The minimum atomic E-state index is 0.398. The third kappa shape index (κ3) is 2.59. The summed E-state index contributed by atoms with van der Waals surface area (Å²) in [6.07, 6.45) is 0. The van der Waals surface area contributed by atoms with Crippen LogP contribution in [0, 0.1) is 6.92 Å². The van der Waals surface area contributed by atoms with Crippen molar-refractivity contribution in [2.45, 2.75) is 33.2 Å². The molecule has 2 aromatic rings. The van der Waals surface area contributed by atoms with Gasteiger partial charge in [0.15, 0.2) is 0 Å². The second-order valence-corrected chi connectivity index (χ2v) is 5.54. The van der Waals surface area contributed by atoms with Crippen LogP contribution in [0.1, 0.15) is 36.7 Å². The van der Waals surface area contributed by atoms with Crippen LogP contribution < -0.4 is 5.32 Å². The van der Waals surface area contributed by atoms with Crippen LogP contribution in [0.15, 0.2) is 10.8 Å². The largest absolute Gasteiger partial charge is 0.356 e. The van der Waals surface area contributed by atoms with E-state index in [4.69, 9.17) is 0 Å². The molecule has 0 aliphatic heterocycles. The summed E-state index contributed by atoms with van der Waals surface area (Å²) in [5.41, 5.74) is 2.68. The van der Waals surface area contributed by atoms with Crippen LogP contribution in [-0.4, -0.2) is 9.36 Å². The van der Waals surface area contributed by atoms with Crippen molar-refractivity contribution in [1.82, 2.24) is 9.36 Å². The van der Waals surface area contributed by atoms with E-state index < -0.39 is 0 Å². The van der Waals surface area contributed by atoms with Crippen LogP contribution >= 0.6 is 22.9 Å². The van der Waals surface area contributed by atoms with Gasteiger partial charge in [0.25, 0.3) is 0 Å². The molecule has 0 unspecified atom stereocenters. The predicted molar refractivity (Wildman–Crippen MR) is 70.4 cm³/mol. The number of aryl methyl sites for hydroxylation is 1. The zero-order chi connectivity index (χ0) is 11.5. The van der Waals surface area contributed by atoms with Crippen molar-refractivity contribution in [3.05, 3.63) is 27.7 Å². The second kappa shape index (κ2) is 4.93. The molecular formula is C11H15N3S2. The van der Waals surface area contributed by atoms with E-state index in [-0.39, 0.29) is 0 Å². The van der Waals surface area contributed by atoms with Gasteiger partial charge in [-0.25, -0.2) is 4.98 Å². The fraction of sp³-hybridized carbons (Fsp3) is 0.455. The highest BCUT2D eigenvalue weighted by molar-refractivity contribution is 7.09. The molecule has 86 valence electrons. The highest BCUT2D eigenvalue weighted by Gasteiger charge is 2.07. The molecule has 2 rings (SSSR count). The van der Waals surface area contributed by atoms with Gasteiger partial charge >= 0.3 is 0 Å². The summed E-state index contributed by atoms with van der Waals surface area (Å²) in [7, 11) is 0. The van der Waals surface area contributed by atoms with Gasteiger partial charge in [0.2, 0.25) is 5.13 Å². The SMILES string of the molecule is Cc1cscc1CNc1nc(C(C)C)ns1. The molecule has 0 atom stereocenters. The Labute approximate surface area is 104 Å². The Morgan fingerprint density at radius 1 is 1.38 bits per heavy atom. The van der Waals surface area contributed by atoms with E-state index in [0.29, 0.717) is 5.92 Å². The Hall–Kier alpha value is -0.940. The second-order valence-electron chi connectivity index (χ2n) is 4.05. The third-order valence-corrected chi connectivity index (χ3v) is 3.95. The minimum Gasteiger partial charge on any atom is -0.356 e. The minimum absolute atomic E-state index is 0.398. The standard InChI is InChI=1S/C11H15N3S2/c1-7(2)10-13-11(16-14-10)12-4-9-6-15-5-8(9)3/h5-7H,4H2,1-3H3,(H,12,13,14). The predicted octanol–water partition coefficient (Wildman–Crippen LogP) is 3.64. The third-order valence-electron chi connectivity index (χ3n) is 2.35. The van der Waals surface area contributed by atoms with Gasteiger partial charge in [-0.05, 0) is 28.8 Å². The fourth-order valence-electron chi connectivity index (χ4n) is 1.28. The molecule has 0 aliphatic rings. The van der Waals surface area contributed by atoms with Crippen molar-refractivity contribution in [3.8, 4) is 0 Å². The summed E-state index contributed by atoms with van der Waals surface area (Å²) in [5, 5.41) is 8.56. The highest BCUT2D eigenvalue weighted by Crippen LogP contribution is 2.19. The Morgan fingerprint density at radius 2 is 2.19 bits per heavy atom. The summed E-state index contributed by atoms with van der Waals surface area (Å²) < 4.78 is 4.31. The number of nitrogens with zero attached hydrogens (tertiary/aromatic N) is 2. The molecule has 0 bridgehead atoms. The topological polar surface area (TPSA) is 37.8 Å². The zero-order valence-corrected chi connectivity index (χ0v) is 11.3. The molecule has 0 aliphatic carbocycles. The van der Waals surface area contributed by atoms with Crippen LogP contribution in [0.5, 0.6) is 0 Å². The van der Waals surface area contributed by atoms with Gasteiger partial charge in [0.05, 0.1) is 0 Å². The first-order valence-electron chi connectivity index (χ1n) is 5.26. The molecule has 3 nitrogen and oxygen atoms in total. The molecule has 0 fully saturated rings. The number of anilines is 1. The molecule has 5 heteroatoms. The van der Waals surface area contributed by atoms with Gasteiger partial charge in [-0.15, -0.1) is 0 Å². The molecule has 0 saturated heterocycles. The maximum absolute atomic E-state index is 4.44. The van der Waals surface area contributed by atoms with Crippen molar-refractivity contribution >= 4 is 28.0 Å². The van der Waals surface area contributed by atoms with Crippen molar-refractivity contribution in [1.29, 1.82) is 0 Å². The van der Waals surface area contributed by atoms with Crippen molar-refractivity contribution in [2.75, 3.05) is 5.32 Å². The Bertz CT molecular complexity index is 459. The zero-order valence-electron chi connectivity index (χ0n) is 9.65. The molecule has 16 heavy (non-hydrogen) atoms. The van der Waals surface area contributed by atoms with Crippen molar-refractivity contribution in [3.63, 3.8) is 0 Å². The van der Waals surface area contributed by atoms with Gasteiger partial charge in [0.1, 0.15) is 5.82 Å². The first-order chi connectivity index (χ1) is 7.66. The molecule has 0 radical (unpaired) electrons. The van der Waals surface area contributed by atoms with Crippen LogP contribution in [0.25, 0.3) is 0 Å². The lowest BCUT2D eigenvalue weighted by Gasteiger charge is -2.01. The first-order valence-corrected chi connectivity index (χ1v) is 6.97. The van der Waals surface area contributed by atoms with Gasteiger partial charge < -0.3 is 5.32 Å². The Balaban J connectivity index is 1.97. The van der Waals surface area contributed by atoms with Crippen molar-refractivity contribution in [2.24, 2.45) is 0 Å². The van der Waals surface area contributed by atoms with Crippen LogP contribution in [0.2, 0.25) is 0 Å². The van der Waals surface area contributed by atoms with Gasteiger partial charge in [-0.3, -0.25) is 0 Å².